The Morgan fingerprint density at radius 2 is 1.79 bits per heavy atom. The van der Waals surface area contributed by atoms with Gasteiger partial charge in [0.2, 0.25) is 0 Å². The third-order valence-electron chi connectivity index (χ3n) is 4.18. The summed E-state index contributed by atoms with van der Waals surface area (Å²) in [6.07, 6.45) is 0.610. The number of hydrogen-bond acceptors (Lipinski definition) is 4. The van der Waals surface area contributed by atoms with E-state index in [0.29, 0.717) is 6.04 Å². The van der Waals surface area contributed by atoms with Crippen LogP contribution in [0.2, 0.25) is 0 Å². The third-order valence-corrected chi connectivity index (χ3v) is 4.18. The van der Waals surface area contributed by atoms with Crippen LogP contribution in [-0.4, -0.2) is 31.5 Å². The van der Waals surface area contributed by atoms with E-state index in [9.17, 15) is 5.11 Å². The number of rotatable bonds is 5. The highest BCUT2D eigenvalue weighted by Crippen LogP contribution is 2.40. The Kier molecular flexibility index (Phi) is 4.02. The van der Waals surface area contributed by atoms with Crippen molar-refractivity contribution in [3.05, 3.63) is 23.8 Å². The Balaban J connectivity index is 2.00. The minimum Gasteiger partial charge on any atom is -0.497 e. The average Bonchev–Trinajstić information content (AvgIpc) is 2.42. The molecule has 2 rings (SSSR count). The Morgan fingerprint density at radius 1 is 1.21 bits per heavy atom. The summed E-state index contributed by atoms with van der Waals surface area (Å²) in [6.45, 7) is 4.92. The fraction of sp³-hybridized carbons (Fsp3) is 0.600. The number of benzene rings is 1. The van der Waals surface area contributed by atoms with Gasteiger partial charge in [-0.3, -0.25) is 0 Å². The number of aliphatic hydroxyl groups is 1. The van der Waals surface area contributed by atoms with Crippen LogP contribution in [0.3, 0.4) is 0 Å². The fourth-order valence-corrected chi connectivity index (χ4v) is 2.46. The molecule has 1 aliphatic rings. The van der Waals surface area contributed by atoms with Gasteiger partial charge in [-0.25, -0.2) is 0 Å². The largest absolute Gasteiger partial charge is 0.497 e. The molecule has 1 aromatic rings. The van der Waals surface area contributed by atoms with E-state index in [1.54, 1.807) is 14.2 Å². The fourth-order valence-electron chi connectivity index (χ4n) is 2.46. The van der Waals surface area contributed by atoms with E-state index in [1.165, 1.54) is 0 Å². The first-order chi connectivity index (χ1) is 8.97. The maximum absolute atomic E-state index is 9.73. The molecule has 2 N–H and O–H groups in total. The van der Waals surface area contributed by atoms with E-state index in [1.807, 2.05) is 18.2 Å². The van der Waals surface area contributed by atoms with Crippen LogP contribution in [-0.2, 0) is 6.54 Å². The van der Waals surface area contributed by atoms with E-state index in [2.05, 4.69) is 19.2 Å². The molecule has 4 heteroatoms. The highest BCUT2D eigenvalue weighted by molar-refractivity contribution is 5.38. The lowest BCUT2D eigenvalue weighted by Gasteiger charge is -2.49. The smallest absolute Gasteiger partial charge is 0.122 e. The standard InChI is InChI=1S/C15H23NO3/c1-15(2)13(8-14(15)17)16-9-10-5-11(18-3)7-12(6-10)19-4/h5-7,13-14,16-17H,8-9H2,1-4H3. The van der Waals surface area contributed by atoms with Crippen molar-refractivity contribution in [1.29, 1.82) is 0 Å². The van der Waals surface area contributed by atoms with Crippen LogP contribution in [0.15, 0.2) is 18.2 Å². The number of nitrogens with one attached hydrogen (secondary N) is 1. The van der Waals surface area contributed by atoms with Crippen molar-refractivity contribution in [2.75, 3.05) is 14.2 Å². The van der Waals surface area contributed by atoms with E-state index in [4.69, 9.17) is 9.47 Å². The summed E-state index contributed by atoms with van der Waals surface area (Å²) < 4.78 is 10.5. The second-order valence-electron chi connectivity index (χ2n) is 5.73. The first-order valence-corrected chi connectivity index (χ1v) is 6.60. The Labute approximate surface area is 114 Å². The van der Waals surface area contributed by atoms with Crippen molar-refractivity contribution in [3.8, 4) is 11.5 Å². The third kappa shape index (κ3) is 2.85. The molecule has 0 aliphatic heterocycles. The van der Waals surface area contributed by atoms with Gasteiger partial charge >= 0.3 is 0 Å². The van der Waals surface area contributed by atoms with Crippen molar-refractivity contribution >= 4 is 0 Å². The molecule has 0 radical (unpaired) electrons. The summed E-state index contributed by atoms with van der Waals surface area (Å²) in [5, 5.41) is 13.2. The van der Waals surface area contributed by atoms with Crippen LogP contribution in [0, 0.1) is 5.41 Å². The molecule has 0 saturated heterocycles. The molecule has 0 spiro atoms. The lowest BCUT2D eigenvalue weighted by atomic mass is 9.64. The number of aliphatic hydroxyl groups excluding tert-OH is 1. The minimum absolute atomic E-state index is 0.0526. The van der Waals surface area contributed by atoms with Gasteiger partial charge in [-0.1, -0.05) is 13.8 Å². The molecule has 0 aromatic heterocycles. The van der Waals surface area contributed by atoms with Crippen molar-refractivity contribution in [3.63, 3.8) is 0 Å². The molecule has 19 heavy (non-hydrogen) atoms. The molecule has 2 unspecified atom stereocenters. The Morgan fingerprint density at radius 3 is 2.21 bits per heavy atom. The first kappa shape index (κ1) is 14.2. The van der Waals surface area contributed by atoms with E-state index < -0.39 is 0 Å². The number of hydrogen-bond donors (Lipinski definition) is 2. The zero-order valence-electron chi connectivity index (χ0n) is 12.1. The maximum Gasteiger partial charge on any atom is 0.122 e. The van der Waals surface area contributed by atoms with Crippen molar-refractivity contribution in [1.82, 2.24) is 5.32 Å². The second kappa shape index (κ2) is 5.39. The van der Waals surface area contributed by atoms with Gasteiger partial charge in [0.1, 0.15) is 11.5 Å². The van der Waals surface area contributed by atoms with Gasteiger partial charge in [0.05, 0.1) is 20.3 Å². The zero-order chi connectivity index (χ0) is 14.0. The van der Waals surface area contributed by atoms with E-state index in [-0.39, 0.29) is 11.5 Å². The molecule has 0 amide bonds. The van der Waals surface area contributed by atoms with Crippen molar-refractivity contribution in [2.24, 2.45) is 5.41 Å². The van der Waals surface area contributed by atoms with E-state index in [0.717, 1.165) is 30.0 Å². The van der Waals surface area contributed by atoms with Gasteiger partial charge in [-0.2, -0.15) is 0 Å². The van der Waals surface area contributed by atoms with Gasteiger partial charge in [0.15, 0.2) is 0 Å². The van der Waals surface area contributed by atoms with Crippen LogP contribution < -0.4 is 14.8 Å². The topological polar surface area (TPSA) is 50.7 Å². The number of ether oxygens (including phenoxy) is 2. The zero-order valence-corrected chi connectivity index (χ0v) is 12.1. The highest BCUT2D eigenvalue weighted by Gasteiger charge is 2.46. The molecule has 1 saturated carbocycles. The maximum atomic E-state index is 9.73. The predicted molar refractivity (Wildman–Crippen MR) is 74.6 cm³/mol. The van der Waals surface area contributed by atoms with Crippen LogP contribution in [0.1, 0.15) is 25.8 Å². The Bertz CT molecular complexity index is 423. The van der Waals surface area contributed by atoms with Gasteiger partial charge in [-0.05, 0) is 24.1 Å². The molecule has 0 bridgehead atoms. The lowest BCUT2D eigenvalue weighted by Crippen LogP contribution is -2.59. The molecule has 106 valence electrons. The molecule has 1 fully saturated rings. The summed E-state index contributed by atoms with van der Waals surface area (Å²) in [6, 6.07) is 6.20. The molecule has 0 heterocycles. The summed E-state index contributed by atoms with van der Waals surface area (Å²) in [4.78, 5) is 0. The normalized spacial score (nSPS) is 24.7. The number of methoxy groups -OCH3 is 2. The summed E-state index contributed by atoms with van der Waals surface area (Å²) in [7, 11) is 3.30. The van der Waals surface area contributed by atoms with Gasteiger partial charge in [0, 0.05) is 24.1 Å². The summed E-state index contributed by atoms with van der Waals surface area (Å²) >= 11 is 0. The van der Waals surface area contributed by atoms with Crippen LogP contribution in [0.4, 0.5) is 0 Å². The van der Waals surface area contributed by atoms with Crippen LogP contribution in [0.5, 0.6) is 11.5 Å². The highest BCUT2D eigenvalue weighted by atomic mass is 16.5. The van der Waals surface area contributed by atoms with Crippen LogP contribution in [0.25, 0.3) is 0 Å². The summed E-state index contributed by atoms with van der Waals surface area (Å²) in [5.41, 5.74) is 1.07. The first-order valence-electron chi connectivity index (χ1n) is 6.60. The van der Waals surface area contributed by atoms with Crippen LogP contribution >= 0.6 is 0 Å². The average molecular weight is 265 g/mol. The van der Waals surface area contributed by atoms with Gasteiger partial charge < -0.3 is 19.9 Å². The SMILES string of the molecule is COc1cc(CNC2CC(O)C2(C)C)cc(OC)c1. The van der Waals surface area contributed by atoms with E-state index >= 15 is 0 Å². The molecule has 1 aliphatic carbocycles. The summed E-state index contributed by atoms with van der Waals surface area (Å²) in [5.74, 6) is 1.59. The molecular formula is C15H23NO3. The quantitative estimate of drug-likeness (QED) is 0.854. The lowest BCUT2D eigenvalue weighted by molar-refractivity contribution is -0.0729. The molecule has 4 nitrogen and oxygen atoms in total. The predicted octanol–water partition coefficient (Wildman–Crippen LogP) is 1.95. The minimum atomic E-state index is -0.204. The Hall–Kier alpha value is -1.26. The molecule has 1 aromatic carbocycles. The van der Waals surface area contributed by atoms with Crippen molar-refractivity contribution < 1.29 is 14.6 Å². The van der Waals surface area contributed by atoms with Crippen molar-refractivity contribution in [2.45, 2.75) is 39.0 Å². The monoisotopic (exact) mass is 265 g/mol. The molecular weight excluding hydrogens is 242 g/mol. The molecule has 2 atom stereocenters. The van der Waals surface area contributed by atoms with Gasteiger partial charge in [-0.15, -0.1) is 0 Å². The second-order valence-corrected chi connectivity index (χ2v) is 5.73. The van der Waals surface area contributed by atoms with Gasteiger partial charge in [0.25, 0.3) is 0 Å².